The van der Waals surface area contributed by atoms with E-state index in [0.717, 1.165) is 35.3 Å². The van der Waals surface area contributed by atoms with Crippen LogP contribution in [-0.2, 0) is 16.2 Å². The average molecular weight is 449 g/mol. The highest BCUT2D eigenvalue weighted by Gasteiger charge is 2.37. The van der Waals surface area contributed by atoms with E-state index < -0.39 is 21.8 Å². The molecule has 0 saturated heterocycles. The van der Waals surface area contributed by atoms with Gasteiger partial charge in [-0.2, -0.15) is 18.4 Å². The molecule has 0 atom stereocenters. The number of halogens is 3. The Morgan fingerprint density at radius 1 is 1.23 bits per heavy atom. The number of nitrogens with one attached hydrogen (secondary N) is 2. The van der Waals surface area contributed by atoms with Gasteiger partial charge >= 0.3 is 6.18 Å². The maximum atomic E-state index is 12.7. The molecule has 2 heterocycles. The Morgan fingerprint density at radius 2 is 1.90 bits per heavy atom. The van der Waals surface area contributed by atoms with Gasteiger partial charge in [-0.05, 0) is 43.2 Å². The van der Waals surface area contributed by atoms with Crippen molar-refractivity contribution in [3.05, 3.63) is 53.9 Å². The summed E-state index contributed by atoms with van der Waals surface area (Å²) >= 11 is 0. The lowest BCUT2D eigenvalue weighted by molar-refractivity contribution is -0.137. The molecule has 0 unspecified atom stereocenters. The zero-order valence-electron chi connectivity index (χ0n) is 16.3. The van der Waals surface area contributed by atoms with Crippen LogP contribution in [0.3, 0.4) is 0 Å². The summed E-state index contributed by atoms with van der Waals surface area (Å²) in [4.78, 5) is 8.94. The monoisotopic (exact) mass is 449 g/mol. The summed E-state index contributed by atoms with van der Waals surface area (Å²) in [6.45, 7) is 0. The molecule has 3 aromatic rings. The van der Waals surface area contributed by atoms with Crippen LogP contribution < -0.4 is 9.62 Å². The molecule has 4 rings (SSSR count). The molecule has 1 aliphatic rings. The van der Waals surface area contributed by atoms with E-state index >= 15 is 0 Å². The van der Waals surface area contributed by atoms with Crippen molar-refractivity contribution in [3.63, 3.8) is 0 Å². The normalized spacial score (nSPS) is 19.1. The number of nitrogens with zero attached hydrogens (tertiary/aromatic N) is 3. The average Bonchev–Trinajstić information content (AvgIpc) is 3.17. The van der Waals surface area contributed by atoms with E-state index in [-0.39, 0.29) is 17.0 Å². The van der Waals surface area contributed by atoms with Crippen LogP contribution in [0.1, 0.15) is 24.0 Å². The van der Waals surface area contributed by atoms with Crippen molar-refractivity contribution >= 4 is 26.7 Å². The molecule has 1 saturated carbocycles. The summed E-state index contributed by atoms with van der Waals surface area (Å²) in [6.07, 6.45) is -0.307. The van der Waals surface area contributed by atoms with E-state index in [0.29, 0.717) is 24.1 Å². The van der Waals surface area contributed by atoms with Crippen molar-refractivity contribution in [2.75, 3.05) is 11.9 Å². The van der Waals surface area contributed by atoms with Gasteiger partial charge in [0.05, 0.1) is 21.7 Å². The number of aromatic amines is 1. The van der Waals surface area contributed by atoms with E-state index in [2.05, 4.69) is 20.8 Å². The molecule has 0 aliphatic heterocycles. The van der Waals surface area contributed by atoms with Crippen LogP contribution in [0.5, 0.6) is 0 Å². The number of pyridine rings is 1. The Bertz CT molecular complexity index is 1260. The number of aromatic nitrogens is 2. The number of hydrogen-bond acceptors (Lipinski definition) is 5. The van der Waals surface area contributed by atoms with Gasteiger partial charge in [0.25, 0.3) is 0 Å². The molecule has 31 heavy (non-hydrogen) atoms. The second-order valence-corrected chi connectivity index (χ2v) is 9.16. The van der Waals surface area contributed by atoms with E-state index in [1.807, 2.05) is 18.0 Å². The maximum absolute atomic E-state index is 12.7. The number of alkyl halides is 3. The standard InChI is InChI=1S/C20H18F3N5O2S/c1-28(18-12(10-24)11-26-19-17(18)6-7-25-19)15-8-14(9-15)27-31(29,30)16-4-2-13(3-5-16)20(21,22)23/h2-7,11,14-15,27H,8-9H2,1H3,(H,25,26). The molecule has 1 fully saturated rings. The largest absolute Gasteiger partial charge is 0.416 e. The Labute approximate surface area is 176 Å². The second-order valence-electron chi connectivity index (χ2n) is 7.45. The SMILES string of the molecule is CN(c1c(C#N)cnc2[nH]ccc12)C1CC(NS(=O)(=O)c2ccc(C(F)(F)F)cc2)C1. The highest BCUT2D eigenvalue weighted by Crippen LogP contribution is 2.35. The van der Waals surface area contributed by atoms with E-state index in [1.165, 1.54) is 6.20 Å². The molecular weight excluding hydrogens is 431 g/mol. The minimum Gasteiger partial charge on any atom is -0.370 e. The molecular formula is C20H18F3N5O2S. The minimum absolute atomic E-state index is 0.00657. The van der Waals surface area contributed by atoms with Gasteiger partial charge in [-0.25, -0.2) is 18.1 Å². The fourth-order valence-corrected chi connectivity index (χ4v) is 5.01. The van der Waals surface area contributed by atoms with Crippen molar-refractivity contribution < 1.29 is 21.6 Å². The highest BCUT2D eigenvalue weighted by atomic mass is 32.2. The van der Waals surface area contributed by atoms with E-state index in [9.17, 15) is 26.9 Å². The van der Waals surface area contributed by atoms with E-state index in [1.54, 1.807) is 6.20 Å². The van der Waals surface area contributed by atoms with Crippen LogP contribution in [0.25, 0.3) is 11.0 Å². The van der Waals surface area contributed by atoms with Gasteiger partial charge in [-0.1, -0.05) is 0 Å². The lowest BCUT2D eigenvalue weighted by Gasteiger charge is -2.42. The van der Waals surface area contributed by atoms with Crippen molar-refractivity contribution in [1.29, 1.82) is 5.26 Å². The number of sulfonamides is 1. The van der Waals surface area contributed by atoms with Crippen LogP contribution in [0.4, 0.5) is 18.9 Å². The first-order valence-electron chi connectivity index (χ1n) is 9.39. The zero-order valence-corrected chi connectivity index (χ0v) is 17.1. The van der Waals surface area contributed by atoms with Crippen LogP contribution in [0, 0.1) is 11.3 Å². The van der Waals surface area contributed by atoms with Crippen molar-refractivity contribution in [1.82, 2.24) is 14.7 Å². The fraction of sp³-hybridized carbons (Fsp3) is 0.300. The first-order valence-corrected chi connectivity index (χ1v) is 10.9. The summed E-state index contributed by atoms with van der Waals surface area (Å²) in [5.41, 5.74) is 0.893. The quantitative estimate of drug-likeness (QED) is 0.622. The minimum atomic E-state index is -4.53. The first-order chi connectivity index (χ1) is 14.6. The molecule has 0 spiro atoms. The molecule has 0 bridgehead atoms. The number of fused-ring (bicyclic) bond motifs is 1. The van der Waals surface area contributed by atoms with Gasteiger partial charge in [-0.15, -0.1) is 0 Å². The molecule has 1 aliphatic carbocycles. The molecule has 7 nitrogen and oxygen atoms in total. The smallest absolute Gasteiger partial charge is 0.370 e. The molecule has 0 amide bonds. The number of hydrogen-bond donors (Lipinski definition) is 2. The second kappa shape index (κ2) is 7.55. The molecule has 1 aromatic carbocycles. The van der Waals surface area contributed by atoms with Gasteiger partial charge in [-0.3, -0.25) is 0 Å². The molecule has 162 valence electrons. The predicted molar refractivity (Wildman–Crippen MR) is 108 cm³/mol. The van der Waals surface area contributed by atoms with Crippen LogP contribution >= 0.6 is 0 Å². The van der Waals surface area contributed by atoms with Crippen LogP contribution in [0.15, 0.2) is 47.6 Å². The summed E-state index contributed by atoms with van der Waals surface area (Å²) in [7, 11) is -2.10. The lowest BCUT2D eigenvalue weighted by Crippen LogP contribution is -2.53. The predicted octanol–water partition coefficient (Wildman–Crippen LogP) is 3.40. The lowest BCUT2D eigenvalue weighted by atomic mass is 9.86. The Morgan fingerprint density at radius 3 is 2.52 bits per heavy atom. The Balaban J connectivity index is 1.45. The van der Waals surface area contributed by atoms with E-state index in [4.69, 9.17) is 0 Å². The fourth-order valence-electron chi connectivity index (χ4n) is 3.75. The number of rotatable bonds is 5. The van der Waals surface area contributed by atoms with Crippen LogP contribution in [-0.4, -0.2) is 37.5 Å². The van der Waals surface area contributed by atoms with Crippen molar-refractivity contribution in [2.24, 2.45) is 0 Å². The Kier molecular flexibility index (Phi) is 5.15. The van der Waals surface area contributed by atoms with Crippen molar-refractivity contribution in [3.8, 4) is 6.07 Å². The summed E-state index contributed by atoms with van der Waals surface area (Å²) in [6, 6.07) is 7.01. The molecule has 2 N–H and O–H groups in total. The maximum Gasteiger partial charge on any atom is 0.416 e. The third kappa shape index (κ3) is 3.96. The van der Waals surface area contributed by atoms with Gasteiger partial charge in [0.2, 0.25) is 10.0 Å². The zero-order chi connectivity index (χ0) is 22.4. The molecule has 2 aromatic heterocycles. The summed E-state index contributed by atoms with van der Waals surface area (Å²) < 4.78 is 65.6. The molecule has 0 radical (unpaired) electrons. The number of anilines is 1. The Hall–Kier alpha value is -3.10. The number of benzene rings is 1. The van der Waals surface area contributed by atoms with Crippen molar-refractivity contribution in [2.45, 2.75) is 36.0 Å². The number of nitriles is 1. The van der Waals surface area contributed by atoms with Gasteiger partial charge in [0.15, 0.2) is 0 Å². The first kappa shape index (κ1) is 21.1. The molecule has 11 heteroatoms. The van der Waals surface area contributed by atoms with Gasteiger partial charge < -0.3 is 9.88 Å². The number of H-pyrrole nitrogens is 1. The van der Waals surface area contributed by atoms with Gasteiger partial charge in [0.1, 0.15) is 11.7 Å². The summed E-state index contributed by atoms with van der Waals surface area (Å²) in [5.74, 6) is 0. The third-order valence-corrected chi connectivity index (χ3v) is 7.04. The summed E-state index contributed by atoms with van der Waals surface area (Å²) in [5, 5.41) is 10.2. The topological polar surface area (TPSA) is 102 Å². The third-order valence-electron chi connectivity index (χ3n) is 5.51. The van der Waals surface area contributed by atoms with Crippen LogP contribution in [0.2, 0.25) is 0 Å². The highest BCUT2D eigenvalue weighted by molar-refractivity contribution is 7.89. The van der Waals surface area contributed by atoms with Gasteiger partial charge in [0, 0.05) is 36.9 Å².